The lowest BCUT2D eigenvalue weighted by atomic mass is 9.95. The van der Waals surface area contributed by atoms with Crippen LogP contribution in [0.2, 0.25) is 5.02 Å². The van der Waals surface area contributed by atoms with E-state index in [0.29, 0.717) is 16.5 Å². The normalized spacial score (nSPS) is 12.1. The van der Waals surface area contributed by atoms with Gasteiger partial charge in [-0.25, -0.2) is 0 Å². The quantitative estimate of drug-likeness (QED) is 0.863. The van der Waals surface area contributed by atoms with Crippen molar-refractivity contribution < 1.29 is 9.47 Å². The Balaban J connectivity index is 2.52. The molecule has 112 valence electrons. The van der Waals surface area contributed by atoms with Crippen LogP contribution in [0.3, 0.4) is 0 Å². The predicted octanol–water partition coefficient (Wildman–Crippen LogP) is 4.48. The Hall–Kier alpha value is -1.23. The van der Waals surface area contributed by atoms with Gasteiger partial charge < -0.3 is 15.2 Å². The number of benzene rings is 2. The molecule has 0 aliphatic carbocycles. The van der Waals surface area contributed by atoms with Gasteiger partial charge in [0.05, 0.1) is 20.3 Å². The molecular formula is C16H17BrClNO2. The third kappa shape index (κ3) is 3.34. The van der Waals surface area contributed by atoms with Crippen LogP contribution in [-0.2, 0) is 0 Å². The average molecular weight is 371 g/mol. The maximum atomic E-state index is 6.42. The molecule has 2 rings (SSSR count). The molecule has 0 aromatic heterocycles. The smallest absolute Gasteiger partial charge is 0.161 e. The van der Waals surface area contributed by atoms with Crippen molar-refractivity contribution in [2.24, 2.45) is 5.73 Å². The van der Waals surface area contributed by atoms with Gasteiger partial charge in [-0.3, -0.25) is 0 Å². The molecule has 0 saturated heterocycles. The van der Waals surface area contributed by atoms with Crippen LogP contribution in [0.4, 0.5) is 0 Å². The van der Waals surface area contributed by atoms with E-state index in [0.717, 1.165) is 21.2 Å². The fourth-order valence-electron chi connectivity index (χ4n) is 2.22. The first-order valence-electron chi connectivity index (χ1n) is 6.41. The number of methoxy groups -OCH3 is 2. The summed E-state index contributed by atoms with van der Waals surface area (Å²) in [5.41, 5.74) is 9.40. The predicted molar refractivity (Wildman–Crippen MR) is 89.5 cm³/mol. The molecule has 5 heteroatoms. The molecule has 2 N–H and O–H groups in total. The van der Waals surface area contributed by atoms with Crippen molar-refractivity contribution in [1.82, 2.24) is 0 Å². The van der Waals surface area contributed by atoms with Gasteiger partial charge in [-0.05, 0) is 47.9 Å². The van der Waals surface area contributed by atoms with Crippen LogP contribution in [0.25, 0.3) is 0 Å². The molecule has 1 atom stereocenters. The van der Waals surface area contributed by atoms with Crippen molar-refractivity contribution in [3.05, 3.63) is 56.5 Å². The van der Waals surface area contributed by atoms with Gasteiger partial charge in [-0.15, -0.1) is 0 Å². The number of hydrogen-bond donors (Lipinski definition) is 1. The van der Waals surface area contributed by atoms with Gasteiger partial charge >= 0.3 is 0 Å². The zero-order valence-corrected chi connectivity index (χ0v) is 14.5. The first-order chi connectivity index (χ1) is 9.97. The Bertz CT molecular complexity index is 661. The van der Waals surface area contributed by atoms with E-state index in [4.69, 9.17) is 26.8 Å². The second-order valence-corrected chi connectivity index (χ2v) is 6.00. The lowest BCUT2D eigenvalue weighted by Gasteiger charge is -2.19. The Kier molecular flexibility index (Phi) is 5.14. The third-order valence-corrected chi connectivity index (χ3v) is 4.34. The SMILES string of the molecule is COc1cc(Br)c(C(N)c2cc(Cl)ccc2C)cc1OC. The number of rotatable bonds is 4. The molecular weight excluding hydrogens is 354 g/mol. The first kappa shape index (κ1) is 16.1. The van der Waals surface area contributed by atoms with E-state index in [-0.39, 0.29) is 6.04 Å². The second-order valence-electron chi connectivity index (χ2n) is 4.71. The number of aryl methyl sites for hydroxylation is 1. The zero-order chi connectivity index (χ0) is 15.6. The monoisotopic (exact) mass is 369 g/mol. The average Bonchev–Trinajstić information content (AvgIpc) is 2.48. The molecule has 0 bridgehead atoms. The summed E-state index contributed by atoms with van der Waals surface area (Å²) in [5.74, 6) is 1.30. The molecule has 0 amide bonds. The molecule has 1 unspecified atom stereocenters. The number of halogens is 2. The summed E-state index contributed by atoms with van der Waals surface area (Å²) in [6, 6.07) is 9.15. The summed E-state index contributed by atoms with van der Waals surface area (Å²) >= 11 is 9.63. The van der Waals surface area contributed by atoms with Crippen molar-refractivity contribution >= 4 is 27.5 Å². The lowest BCUT2D eigenvalue weighted by Crippen LogP contribution is -2.14. The summed E-state index contributed by atoms with van der Waals surface area (Å²) in [7, 11) is 3.21. The van der Waals surface area contributed by atoms with Crippen molar-refractivity contribution in [2.45, 2.75) is 13.0 Å². The van der Waals surface area contributed by atoms with E-state index in [2.05, 4.69) is 15.9 Å². The highest BCUT2D eigenvalue weighted by molar-refractivity contribution is 9.10. The van der Waals surface area contributed by atoms with Crippen LogP contribution in [-0.4, -0.2) is 14.2 Å². The van der Waals surface area contributed by atoms with E-state index in [9.17, 15) is 0 Å². The van der Waals surface area contributed by atoms with Gasteiger partial charge in [0, 0.05) is 9.50 Å². The molecule has 0 spiro atoms. The highest BCUT2D eigenvalue weighted by atomic mass is 79.9. The fourth-order valence-corrected chi connectivity index (χ4v) is 2.97. The van der Waals surface area contributed by atoms with Crippen LogP contribution < -0.4 is 15.2 Å². The van der Waals surface area contributed by atoms with Crippen LogP contribution in [0.15, 0.2) is 34.8 Å². The molecule has 21 heavy (non-hydrogen) atoms. The van der Waals surface area contributed by atoms with Gasteiger partial charge in [-0.1, -0.05) is 33.6 Å². The fraction of sp³-hybridized carbons (Fsp3) is 0.250. The van der Waals surface area contributed by atoms with Gasteiger partial charge in [0.2, 0.25) is 0 Å². The summed E-state index contributed by atoms with van der Waals surface area (Å²) in [6.07, 6.45) is 0. The summed E-state index contributed by atoms with van der Waals surface area (Å²) in [6.45, 7) is 2.01. The van der Waals surface area contributed by atoms with Gasteiger partial charge in [0.25, 0.3) is 0 Å². The van der Waals surface area contributed by atoms with Gasteiger partial charge in [-0.2, -0.15) is 0 Å². The van der Waals surface area contributed by atoms with Crippen molar-refractivity contribution in [3.63, 3.8) is 0 Å². The van der Waals surface area contributed by atoms with Crippen molar-refractivity contribution in [3.8, 4) is 11.5 Å². The highest BCUT2D eigenvalue weighted by Gasteiger charge is 2.18. The Morgan fingerprint density at radius 1 is 1.05 bits per heavy atom. The summed E-state index contributed by atoms with van der Waals surface area (Å²) in [5, 5.41) is 0.669. The Morgan fingerprint density at radius 2 is 1.67 bits per heavy atom. The van der Waals surface area contributed by atoms with E-state index >= 15 is 0 Å². The summed E-state index contributed by atoms with van der Waals surface area (Å²) < 4.78 is 11.5. The van der Waals surface area contributed by atoms with Crippen molar-refractivity contribution in [1.29, 1.82) is 0 Å². The van der Waals surface area contributed by atoms with E-state index in [1.54, 1.807) is 14.2 Å². The molecule has 0 radical (unpaired) electrons. The van der Waals surface area contributed by atoms with Crippen LogP contribution in [0, 0.1) is 6.92 Å². The molecule has 0 aliphatic heterocycles. The second kappa shape index (κ2) is 6.69. The van der Waals surface area contributed by atoms with Gasteiger partial charge in [0.1, 0.15) is 0 Å². The Labute approximate surface area is 138 Å². The first-order valence-corrected chi connectivity index (χ1v) is 7.58. The van der Waals surface area contributed by atoms with Crippen LogP contribution in [0.1, 0.15) is 22.7 Å². The number of hydrogen-bond acceptors (Lipinski definition) is 3. The maximum absolute atomic E-state index is 6.42. The molecule has 0 heterocycles. The molecule has 0 fully saturated rings. The third-order valence-electron chi connectivity index (χ3n) is 3.41. The standard InChI is InChI=1S/C16H17BrClNO2/c1-9-4-5-10(18)6-11(9)16(19)12-7-14(20-2)15(21-3)8-13(12)17/h4-8,16H,19H2,1-3H3. The highest BCUT2D eigenvalue weighted by Crippen LogP contribution is 2.38. The number of nitrogens with two attached hydrogens (primary N) is 1. The minimum Gasteiger partial charge on any atom is -0.493 e. The zero-order valence-electron chi connectivity index (χ0n) is 12.1. The van der Waals surface area contributed by atoms with E-state index < -0.39 is 0 Å². The minimum atomic E-state index is -0.308. The van der Waals surface area contributed by atoms with Crippen LogP contribution >= 0.6 is 27.5 Å². The van der Waals surface area contributed by atoms with E-state index in [1.165, 1.54) is 0 Å². The maximum Gasteiger partial charge on any atom is 0.161 e. The molecule has 2 aromatic carbocycles. The Morgan fingerprint density at radius 3 is 2.29 bits per heavy atom. The molecule has 0 aliphatic rings. The van der Waals surface area contributed by atoms with Gasteiger partial charge in [0.15, 0.2) is 11.5 Å². The summed E-state index contributed by atoms with van der Waals surface area (Å²) in [4.78, 5) is 0. The molecule has 2 aromatic rings. The largest absolute Gasteiger partial charge is 0.493 e. The lowest BCUT2D eigenvalue weighted by molar-refractivity contribution is 0.354. The van der Waals surface area contributed by atoms with Crippen LogP contribution in [0.5, 0.6) is 11.5 Å². The topological polar surface area (TPSA) is 44.5 Å². The minimum absolute atomic E-state index is 0.308. The molecule has 0 saturated carbocycles. The number of ether oxygens (including phenoxy) is 2. The van der Waals surface area contributed by atoms with Crippen molar-refractivity contribution in [2.75, 3.05) is 14.2 Å². The molecule has 3 nitrogen and oxygen atoms in total. The van der Waals surface area contributed by atoms with E-state index in [1.807, 2.05) is 37.3 Å².